The third-order valence-electron chi connectivity index (χ3n) is 5.77. The van der Waals surface area contributed by atoms with E-state index < -0.39 is 17.8 Å². The van der Waals surface area contributed by atoms with Gasteiger partial charge in [-0.1, -0.05) is 6.07 Å². The van der Waals surface area contributed by atoms with E-state index in [0.29, 0.717) is 34.7 Å². The van der Waals surface area contributed by atoms with Crippen LogP contribution in [0, 0.1) is 4.91 Å². The summed E-state index contributed by atoms with van der Waals surface area (Å²) in [6.07, 6.45) is -1.65. The van der Waals surface area contributed by atoms with Crippen molar-refractivity contribution in [2.75, 3.05) is 19.5 Å². The second-order valence-corrected chi connectivity index (χ2v) is 8.97. The van der Waals surface area contributed by atoms with Crippen LogP contribution in [0.5, 0.6) is 5.75 Å². The molecule has 0 saturated heterocycles. The van der Waals surface area contributed by atoms with Crippen molar-refractivity contribution in [2.24, 2.45) is 0 Å². The summed E-state index contributed by atoms with van der Waals surface area (Å²) in [5.41, 5.74) is -0.506. The number of aromatic nitrogens is 2. The monoisotopic (exact) mass is 495 g/mol. The maximum Gasteiger partial charge on any atom is 0.433 e. The van der Waals surface area contributed by atoms with E-state index in [-0.39, 0.29) is 17.7 Å². The molecule has 12 heteroatoms. The van der Waals surface area contributed by atoms with Crippen molar-refractivity contribution in [1.29, 1.82) is 0 Å². The molecule has 0 bridgehead atoms. The summed E-state index contributed by atoms with van der Waals surface area (Å²) in [6, 6.07) is 6.36. The minimum Gasteiger partial charge on any atom is -0.494 e. The molecule has 1 aliphatic carbocycles. The van der Waals surface area contributed by atoms with Gasteiger partial charge < -0.3 is 10.1 Å². The molecule has 3 aromatic rings. The number of nitrogens with zero attached hydrogens (tertiary/aromatic N) is 3. The zero-order chi connectivity index (χ0) is 24.5. The summed E-state index contributed by atoms with van der Waals surface area (Å²) in [6.45, 7) is 0. The Morgan fingerprint density at radius 1 is 1.15 bits per heavy atom. The molecule has 1 fully saturated rings. The normalized spacial score (nSPS) is 18.5. The molecule has 1 N–H and O–H groups in total. The van der Waals surface area contributed by atoms with Crippen LogP contribution in [0.3, 0.4) is 0 Å². The fourth-order valence-electron chi connectivity index (χ4n) is 4.00. The Morgan fingerprint density at radius 2 is 1.88 bits per heavy atom. The molecule has 0 aliphatic heterocycles. The smallest absolute Gasteiger partial charge is 0.433 e. The fraction of sp³-hybridized carbons (Fsp3) is 0.409. The Hall–Kier alpha value is -3.28. The van der Waals surface area contributed by atoms with Gasteiger partial charge in [0.05, 0.1) is 32.9 Å². The molecule has 0 spiro atoms. The summed E-state index contributed by atoms with van der Waals surface area (Å²) in [5.74, 6) is -0.250. The lowest BCUT2D eigenvalue weighted by atomic mass is 9.87. The number of thiazole rings is 1. The summed E-state index contributed by atoms with van der Waals surface area (Å²) in [5, 5.41) is 3.52. The van der Waals surface area contributed by atoms with E-state index in [2.05, 4.69) is 10.3 Å². The van der Waals surface area contributed by atoms with Crippen LogP contribution in [-0.4, -0.2) is 41.1 Å². The summed E-state index contributed by atoms with van der Waals surface area (Å²) in [4.78, 5) is 37.9. The number of carbonyl (C=O) groups is 1. The van der Waals surface area contributed by atoms with E-state index in [1.54, 1.807) is 12.1 Å². The maximum absolute atomic E-state index is 12.9. The van der Waals surface area contributed by atoms with Crippen LogP contribution in [0.25, 0.3) is 10.2 Å². The third kappa shape index (κ3) is 4.96. The first kappa shape index (κ1) is 23.9. The number of hydrogen-bond donors (Lipinski definition) is 1. The predicted octanol–water partition coefficient (Wildman–Crippen LogP) is 5.34. The number of ether oxygens (including phenoxy) is 1. The number of pyridine rings is 1. The SMILES string of the molecule is COc1cc2nc(C3CCC([N+](=O)OC)CC3)sc2cc1NC(=O)c1cccc(C(F)(F)F)n1. The van der Waals surface area contributed by atoms with Gasteiger partial charge >= 0.3 is 6.18 Å². The van der Waals surface area contributed by atoms with Gasteiger partial charge in [0.15, 0.2) is 7.11 Å². The topological polar surface area (TPSA) is 93.4 Å². The van der Waals surface area contributed by atoms with E-state index in [1.165, 1.54) is 31.6 Å². The molecule has 4 rings (SSSR count). The zero-order valence-corrected chi connectivity index (χ0v) is 19.2. The van der Waals surface area contributed by atoms with Gasteiger partial charge in [-0.2, -0.15) is 13.2 Å². The maximum atomic E-state index is 12.9. The first-order valence-electron chi connectivity index (χ1n) is 10.5. The second kappa shape index (κ2) is 9.53. The minimum atomic E-state index is -4.65. The highest BCUT2D eigenvalue weighted by atomic mass is 32.1. The van der Waals surface area contributed by atoms with Crippen LogP contribution in [0.1, 0.15) is 52.8 Å². The minimum absolute atomic E-state index is 0.165. The highest BCUT2D eigenvalue weighted by Crippen LogP contribution is 2.40. The van der Waals surface area contributed by atoms with Gasteiger partial charge in [0.1, 0.15) is 17.1 Å². The van der Waals surface area contributed by atoms with E-state index in [0.717, 1.165) is 34.7 Å². The molecule has 2 heterocycles. The van der Waals surface area contributed by atoms with Gasteiger partial charge in [-0.15, -0.1) is 11.3 Å². The third-order valence-corrected chi connectivity index (χ3v) is 6.95. The van der Waals surface area contributed by atoms with Gasteiger partial charge in [-0.3, -0.25) is 4.79 Å². The molecular weight excluding hydrogens is 473 g/mol. The second-order valence-electron chi connectivity index (χ2n) is 7.91. The number of halogens is 3. The lowest BCUT2D eigenvalue weighted by Gasteiger charge is -2.20. The number of rotatable bonds is 6. The van der Waals surface area contributed by atoms with Crippen molar-refractivity contribution >= 4 is 33.1 Å². The number of benzene rings is 1. The molecule has 0 radical (unpaired) electrons. The van der Waals surface area contributed by atoms with Gasteiger partial charge in [0, 0.05) is 24.8 Å². The Kier molecular flexibility index (Phi) is 6.69. The molecule has 1 aromatic carbocycles. The van der Waals surface area contributed by atoms with Crippen LogP contribution < -0.4 is 10.1 Å². The molecule has 1 saturated carbocycles. The lowest BCUT2D eigenvalue weighted by molar-refractivity contribution is -0.821. The Balaban J connectivity index is 1.55. The Labute approximate surface area is 196 Å². The zero-order valence-electron chi connectivity index (χ0n) is 18.4. The lowest BCUT2D eigenvalue weighted by Crippen LogP contribution is -2.28. The fourth-order valence-corrected chi connectivity index (χ4v) is 5.16. The number of amides is 1. The van der Waals surface area contributed by atoms with Crippen LogP contribution in [0.4, 0.5) is 18.9 Å². The molecule has 0 atom stereocenters. The first-order valence-corrected chi connectivity index (χ1v) is 11.4. The molecule has 8 nitrogen and oxygen atoms in total. The number of methoxy groups -OCH3 is 1. The largest absolute Gasteiger partial charge is 0.494 e. The molecule has 0 unspecified atom stereocenters. The number of carbonyl (C=O) groups excluding carboxylic acids is 1. The van der Waals surface area contributed by atoms with Crippen LogP contribution >= 0.6 is 11.3 Å². The summed E-state index contributed by atoms with van der Waals surface area (Å²) < 4.78 is 45.0. The van der Waals surface area contributed by atoms with E-state index in [4.69, 9.17) is 14.6 Å². The average molecular weight is 496 g/mol. The standard InChI is InChI=1S/C22H21F3N4O4S/c1-32-17-10-16-18(34-21(28-16)12-6-8-13(9-7-12)29(31)33-2)11-15(17)27-20(30)14-4-3-5-19(26-14)22(23,24)25/h3-5,10-13H,6-9H2,1-2H3/p+1. The van der Waals surface area contributed by atoms with Crippen LogP contribution in [0.2, 0.25) is 0 Å². The van der Waals surface area contributed by atoms with E-state index >= 15 is 0 Å². The number of alkyl halides is 3. The van der Waals surface area contributed by atoms with E-state index in [1.807, 2.05) is 0 Å². The highest BCUT2D eigenvalue weighted by Gasteiger charge is 2.35. The van der Waals surface area contributed by atoms with Crippen molar-refractivity contribution in [2.45, 2.75) is 43.8 Å². The van der Waals surface area contributed by atoms with Gasteiger partial charge in [0.2, 0.25) is 4.92 Å². The van der Waals surface area contributed by atoms with Crippen molar-refractivity contribution in [3.63, 3.8) is 0 Å². The summed E-state index contributed by atoms with van der Waals surface area (Å²) in [7, 11) is 2.79. The quantitative estimate of drug-likeness (QED) is 0.464. The average Bonchev–Trinajstić information content (AvgIpc) is 3.25. The predicted molar refractivity (Wildman–Crippen MR) is 119 cm³/mol. The van der Waals surface area contributed by atoms with Gasteiger partial charge in [0.25, 0.3) is 11.9 Å². The molecular formula is C22H22F3N4O4S+. The first-order chi connectivity index (χ1) is 16.2. The molecule has 2 aromatic heterocycles. The van der Waals surface area contributed by atoms with Crippen molar-refractivity contribution < 1.29 is 32.5 Å². The molecule has 1 amide bonds. The number of hydrogen-bond acceptors (Lipinski definition) is 7. The number of anilines is 1. The highest BCUT2D eigenvalue weighted by molar-refractivity contribution is 7.18. The number of nitrogens with one attached hydrogen (secondary N) is 1. The van der Waals surface area contributed by atoms with Crippen molar-refractivity contribution in [3.05, 3.63) is 51.6 Å². The van der Waals surface area contributed by atoms with Gasteiger partial charge in [-0.25, -0.2) is 14.8 Å². The summed E-state index contributed by atoms with van der Waals surface area (Å²) >= 11 is 1.48. The molecule has 34 heavy (non-hydrogen) atoms. The van der Waals surface area contributed by atoms with Crippen LogP contribution in [-0.2, 0) is 11.0 Å². The Bertz CT molecular complexity index is 1220. The Morgan fingerprint density at radius 3 is 2.53 bits per heavy atom. The number of fused-ring (bicyclic) bond motifs is 1. The van der Waals surface area contributed by atoms with Crippen molar-refractivity contribution in [1.82, 2.24) is 9.97 Å². The van der Waals surface area contributed by atoms with Crippen molar-refractivity contribution in [3.8, 4) is 5.75 Å². The van der Waals surface area contributed by atoms with E-state index in [9.17, 15) is 22.9 Å². The molecule has 1 aliphatic rings. The van der Waals surface area contributed by atoms with Crippen LogP contribution in [0.15, 0.2) is 30.3 Å². The molecule has 180 valence electrons. The van der Waals surface area contributed by atoms with Gasteiger partial charge in [-0.05, 0) is 31.0 Å².